The van der Waals surface area contributed by atoms with E-state index in [2.05, 4.69) is 0 Å². The highest BCUT2D eigenvalue weighted by Crippen LogP contribution is 2.51. The molecular formula is C28H30F5NO3S. The second kappa shape index (κ2) is 9.31. The summed E-state index contributed by atoms with van der Waals surface area (Å²) >= 11 is 0. The van der Waals surface area contributed by atoms with E-state index in [1.165, 1.54) is 24.3 Å². The summed E-state index contributed by atoms with van der Waals surface area (Å²) in [7, 11) is -3.14. The van der Waals surface area contributed by atoms with Crippen LogP contribution < -0.4 is 0 Å². The predicted octanol–water partition coefficient (Wildman–Crippen LogP) is 5.43. The molecule has 5 rings (SSSR count). The van der Waals surface area contributed by atoms with Gasteiger partial charge < -0.3 is 4.90 Å². The maximum atomic E-state index is 14.8. The van der Waals surface area contributed by atoms with Crippen LogP contribution in [0, 0.1) is 11.7 Å². The lowest BCUT2D eigenvalue weighted by molar-refractivity contribution is -0.228. The number of likely N-dealkylation sites (tertiary alicyclic amines) is 1. The molecule has 38 heavy (non-hydrogen) atoms. The third kappa shape index (κ3) is 4.62. The molecule has 0 radical (unpaired) electrons. The van der Waals surface area contributed by atoms with Crippen molar-refractivity contribution in [3.63, 3.8) is 0 Å². The third-order valence-electron chi connectivity index (χ3n) is 8.81. The Morgan fingerprint density at radius 2 is 1.76 bits per heavy atom. The van der Waals surface area contributed by atoms with Gasteiger partial charge in [-0.25, -0.2) is 17.2 Å². The number of alkyl halides is 4. The smallest absolute Gasteiger partial charge is 0.339 e. The molecule has 2 fully saturated rings. The fourth-order valence-corrected chi connectivity index (χ4v) is 8.16. The molecule has 1 amide bonds. The van der Waals surface area contributed by atoms with Gasteiger partial charge in [0, 0.05) is 23.9 Å². The van der Waals surface area contributed by atoms with E-state index in [1.807, 2.05) is 4.90 Å². The Balaban J connectivity index is 1.53. The summed E-state index contributed by atoms with van der Waals surface area (Å²) in [6.45, 7) is 0.926. The summed E-state index contributed by atoms with van der Waals surface area (Å²) in [5, 5.41) is 0. The highest BCUT2D eigenvalue weighted by atomic mass is 32.2. The van der Waals surface area contributed by atoms with Crippen LogP contribution in [0.1, 0.15) is 54.9 Å². The van der Waals surface area contributed by atoms with Gasteiger partial charge in [-0.2, -0.15) is 13.2 Å². The Morgan fingerprint density at radius 1 is 1.05 bits per heavy atom. The quantitative estimate of drug-likeness (QED) is 0.474. The van der Waals surface area contributed by atoms with Gasteiger partial charge >= 0.3 is 6.18 Å². The molecule has 0 spiro atoms. The molecule has 0 aromatic heterocycles. The van der Waals surface area contributed by atoms with Gasteiger partial charge in [0.2, 0.25) is 11.6 Å². The number of carbonyl (C=O) groups is 1. The third-order valence-corrected chi connectivity index (χ3v) is 10.5. The van der Waals surface area contributed by atoms with Crippen LogP contribution in [0.4, 0.5) is 22.0 Å². The molecule has 2 saturated heterocycles. The average Bonchev–Trinajstić information content (AvgIpc) is 3.22. The Labute approximate surface area is 219 Å². The minimum atomic E-state index is -5.07. The number of halogens is 5. The maximum Gasteiger partial charge on any atom is 0.426 e. The minimum absolute atomic E-state index is 0.0246. The molecule has 10 heteroatoms. The van der Waals surface area contributed by atoms with E-state index in [-0.39, 0.29) is 36.3 Å². The highest BCUT2D eigenvalue weighted by Gasteiger charge is 2.56. The monoisotopic (exact) mass is 555 g/mol. The molecule has 2 aliphatic heterocycles. The predicted molar refractivity (Wildman–Crippen MR) is 133 cm³/mol. The van der Waals surface area contributed by atoms with Crippen molar-refractivity contribution in [2.24, 2.45) is 5.92 Å². The topological polar surface area (TPSA) is 54.5 Å². The number of sulfone groups is 1. The fraction of sp³-hybridized carbons (Fsp3) is 0.536. The van der Waals surface area contributed by atoms with Crippen molar-refractivity contribution in [1.29, 1.82) is 0 Å². The van der Waals surface area contributed by atoms with Gasteiger partial charge in [0.05, 0.1) is 11.5 Å². The van der Waals surface area contributed by atoms with Crippen LogP contribution in [0.2, 0.25) is 0 Å². The number of rotatable bonds is 4. The second-order valence-corrected chi connectivity index (χ2v) is 13.4. The van der Waals surface area contributed by atoms with E-state index in [0.29, 0.717) is 50.3 Å². The SMILES string of the molecule is CC(F)(c1ccc2c(c1)CCC1N(C(=O)C3CCS(=O)(=O)CC3)CCC21Cc1cccc(F)c1)C(F)(F)F. The summed E-state index contributed by atoms with van der Waals surface area (Å²) in [6.07, 6.45) is -2.80. The number of fused-ring (bicyclic) bond motifs is 3. The van der Waals surface area contributed by atoms with E-state index >= 15 is 0 Å². The molecule has 3 unspecified atom stereocenters. The lowest BCUT2D eigenvalue weighted by Crippen LogP contribution is -2.51. The molecule has 0 saturated carbocycles. The van der Waals surface area contributed by atoms with E-state index in [1.54, 1.807) is 18.2 Å². The van der Waals surface area contributed by atoms with E-state index in [4.69, 9.17) is 0 Å². The Bertz CT molecular complexity index is 1340. The molecular weight excluding hydrogens is 525 g/mol. The van der Waals surface area contributed by atoms with E-state index in [0.717, 1.165) is 5.56 Å². The van der Waals surface area contributed by atoms with Crippen molar-refractivity contribution in [3.8, 4) is 0 Å². The van der Waals surface area contributed by atoms with Crippen molar-refractivity contribution in [2.45, 2.75) is 68.8 Å². The molecule has 2 heterocycles. The molecule has 3 aliphatic rings. The molecule has 4 nitrogen and oxygen atoms in total. The summed E-state index contributed by atoms with van der Waals surface area (Å²) in [6, 6.07) is 9.89. The number of amides is 1. The van der Waals surface area contributed by atoms with Gasteiger partial charge in [-0.3, -0.25) is 4.79 Å². The number of hydrogen-bond donors (Lipinski definition) is 0. The molecule has 0 N–H and O–H groups in total. The normalized spacial score (nSPS) is 26.9. The molecule has 206 valence electrons. The second-order valence-electron chi connectivity index (χ2n) is 11.1. The van der Waals surface area contributed by atoms with Crippen LogP contribution in [-0.4, -0.2) is 49.5 Å². The first-order valence-corrected chi connectivity index (χ1v) is 14.7. The number of carbonyl (C=O) groups excluding carboxylic acids is 1. The molecule has 2 aromatic carbocycles. The van der Waals surface area contributed by atoms with E-state index in [9.17, 15) is 35.2 Å². The first kappa shape index (κ1) is 27.1. The lowest BCUT2D eigenvalue weighted by Gasteiger charge is -2.44. The summed E-state index contributed by atoms with van der Waals surface area (Å²) < 4.78 is 93.0. The van der Waals surface area contributed by atoms with Gasteiger partial charge in [-0.1, -0.05) is 30.3 Å². The van der Waals surface area contributed by atoms with E-state index < -0.39 is 44.4 Å². The Hall–Kier alpha value is -2.49. The van der Waals surface area contributed by atoms with Crippen LogP contribution in [0.25, 0.3) is 0 Å². The molecule has 3 atom stereocenters. The standard InChI is InChI=1S/C28H30F5NO3S/c1-26(30,28(31,32)33)21-6-7-23-20(16-21)5-8-24-27(23,17-18-3-2-4-22(29)15-18)11-12-34(24)25(35)19-9-13-38(36,37)14-10-19/h2-4,6-7,15-16,19,24H,5,8-14,17H2,1H3. The highest BCUT2D eigenvalue weighted by molar-refractivity contribution is 7.91. The number of aryl methyl sites for hydroxylation is 1. The fourth-order valence-electron chi connectivity index (χ4n) is 6.67. The zero-order valence-corrected chi connectivity index (χ0v) is 21.8. The first-order valence-electron chi connectivity index (χ1n) is 12.9. The van der Waals surface area contributed by atoms with Crippen molar-refractivity contribution in [1.82, 2.24) is 4.90 Å². The average molecular weight is 556 g/mol. The molecule has 1 aliphatic carbocycles. The molecule has 2 aromatic rings. The summed E-state index contributed by atoms with van der Waals surface area (Å²) in [5.41, 5.74) is -2.56. The van der Waals surface area contributed by atoms with Gasteiger partial charge in [0.1, 0.15) is 15.7 Å². The zero-order chi connectivity index (χ0) is 27.5. The van der Waals surface area contributed by atoms with Gasteiger partial charge in [0.15, 0.2) is 0 Å². The number of hydrogen-bond acceptors (Lipinski definition) is 3. The zero-order valence-electron chi connectivity index (χ0n) is 21.0. The number of benzene rings is 2. The van der Waals surface area contributed by atoms with Gasteiger partial charge in [-0.15, -0.1) is 0 Å². The summed E-state index contributed by atoms with van der Waals surface area (Å²) in [5.74, 6) is -0.952. The van der Waals surface area contributed by atoms with Crippen LogP contribution in [0.15, 0.2) is 42.5 Å². The van der Waals surface area contributed by atoms with Gasteiger partial charge in [-0.05, 0) is 79.8 Å². The van der Waals surface area contributed by atoms with Crippen LogP contribution in [-0.2, 0) is 38.6 Å². The van der Waals surface area contributed by atoms with Crippen molar-refractivity contribution in [3.05, 3.63) is 70.5 Å². The van der Waals surface area contributed by atoms with Crippen LogP contribution >= 0.6 is 0 Å². The van der Waals surface area contributed by atoms with Crippen LogP contribution in [0.3, 0.4) is 0 Å². The Kier molecular flexibility index (Phi) is 6.64. The Morgan fingerprint density at radius 3 is 2.42 bits per heavy atom. The minimum Gasteiger partial charge on any atom is -0.339 e. The maximum absolute atomic E-state index is 14.8. The summed E-state index contributed by atoms with van der Waals surface area (Å²) in [4.78, 5) is 15.4. The first-order chi connectivity index (χ1) is 17.7. The molecule has 0 bridgehead atoms. The van der Waals surface area contributed by atoms with Crippen molar-refractivity contribution in [2.75, 3.05) is 18.1 Å². The van der Waals surface area contributed by atoms with Crippen molar-refractivity contribution >= 4 is 15.7 Å². The van der Waals surface area contributed by atoms with Crippen molar-refractivity contribution < 1.29 is 35.2 Å². The largest absolute Gasteiger partial charge is 0.426 e. The van der Waals surface area contributed by atoms with Crippen LogP contribution in [0.5, 0.6) is 0 Å². The number of nitrogens with zero attached hydrogens (tertiary/aromatic N) is 1. The lowest BCUT2D eigenvalue weighted by atomic mass is 9.63. The van der Waals surface area contributed by atoms with Gasteiger partial charge in [0.25, 0.3) is 0 Å².